The molecule has 1 saturated heterocycles. The van der Waals surface area contributed by atoms with Crippen molar-refractivity contribution < 1.29 is 14.3 Å². The van der Waals surface area contributed by atoms with Gasteiger partial charge in [0, 0.05) is 6.54 Å². The summed E-state index contributed by atoms with van der Waals surface area (Å²) in [6.45, 7) is 1.63. The third-order valence-electron chi connectivity index (χ3n) is 1.19. The molecule has 4 nitrogen and oxygen atoms in total. The Morgan fingerprint density at radius 1 is 1.78 bits per heavy atom. The maximum atomic E-state index is 10.6. The molecule has 1 aliphatic rings. The first-order chi connectivity index (χ1) is 4.34. The van der Waals surface area contributed by atoms with E-state index in [1.165, 1.54) is 12.0 Å². The molecule has 0 aliphatic carbocycles. The zero-order valence-corrected chi connectivity index (χ0v) is 5.29. The minimum Gasteiger partial charge on any atom is -0.453 e. The Morgan fingerprint density at radius 2 is 2.56 bits per heavy atom. The SMILES string of the molecule is COC(=O)N1CCOC1. The standard InChI is InChI=1S/C5H9NO3/c1-8-5(7)6-2-3-9-4-6/h2-4H2,1H3. The molecule has 0 aromatic heterocycles. The van der Waals surface area contributed by atoms with Gasteiger partial charge in [-0.1, -0.05) is 0 Å². The van der Waals surface area contributed by atoms with Gasteiger partial charge in [-0.25, -0.2) is 4.79 Å². The van der Waals surface area contributed by atoms with Crippen LogP contribution in [0.1, 0.15) is 0 Å². The highest BCUT2D eigenvalue weighted by atomic mass is 16.6. The molecule has 0 bridgehead atoms. The molecule has 0 N–H and O–H groups in total. The molecule has 0 radical (unpaired) electrons. The minimum absolute atomic E-state index is 0.312. The Kier molecular flexibility index (Phi) is 1.89. The van der Waals surface area contributed by atoms with Crippen LogP contribution in [0.4, 0.5) is 4.79 Å². The summed E-state index contributed by atoms with van der Waals surface area (Å²) in [5.74, 6) is 0. The number of amides is 1. The van der Waals surface area contributed by atoms with Gasteiger partial charge in [0.05, 0.1) is 13.7 Å². The first kappa shape index (κ1) is 6.35. The molecule has 0 atom stereocenters. The number of rotatable bonds is 0. The van der Waals surface area contributed by atoms with Crippen LogP contribution in [0.5, 0.6) is 0 Å². The molecule has 1 rings (SSSR count). The summed E-state index contributed by atoms with van der Waals surface area (Å²) < 4.78 is 9.35. The number of carbonyl (C=O) groups is 1. The lowest BCUT2D eigenvalue weighted by atomic mass is 10.7. The number of ether oxygens (including phenoxy) is 2. The van der Waals surface area contributed by atoms with E-state index in [0.717, 1.165) is 0 Å². The van der Waals surface area contributed by atoms with Gasteiger partial charge in [-0.15, -0.1) is 0 Å². The van der Waals surface area contributed by atoms with Crippen LogP contribution in [0.25, 0.3) is 0 Å². The second-order valence-electron chi connectivity index (χ2n) is 1.77. The van der Waals surface area contributed by atoms with Crippen LogP contribution in [-0.4, -0.2) is 38.0 Å². The van der Waals surface area contributed by atoms with E-state index in [2.05, 4.69) is 4.74 Å². The number of hydrogen-bond donors (Lipinski definition) is 0. The Morgan fingerprint density at radius 3 is 3.00 bits per heavy atom. The van der Waals surface area contributed by atoms with E-state index < -0.39 is 0 Å². The summed E-state index contributed by atoms with van der Waals surface area (Å²) in [6, 6.07) is 0. The highest BCUT2D eigenvalue weighted by Crippen LogP contribution is 1.99. The van der Waals surface area contributed by atoms with Gasteiger partial charge in [-0.2, -0.15) is 0 Å². The molecule has 0 unspecified atom stereocenters. The minimum atomic E-state index is -0.312. The Bertz CT molecular complexity index is 109. The average molecular weight is 131 g/mol. The zero-order chi connectivity index (χ0) is 6.69. The highest BCUT2D eigenvalue weighted by Gasteiger charge is 2.17. The lowest BCUT2D eigenvalue weighted by Gasteiger charge is -2.09. The van der Waals surface area contributed by atoms with E-state index in [9.17, 15) is 4.79 Å². The largest absolute Gasteiger partial charge is 0.453 e. The van der Waals surface area contributed by atoms with Crippen molar-refractivity contribution in [3.63, 3.8) is 0 Å². The third kappa shape index (κ3) is 1.32. The van der Waals surface area contributed by atoms with Gasteiger partial charge < -0.3 is 9.47 Å². The smallest absolute Gasteiger partial charge is 0.411 e. The summed E-state index contributed by atoms with van der Waals surface area (Å²) in [6.07, 6.45) is -0.312. The predicted molar refractivity (Wildman–Crippen MR) is 29.9 cm³/mol. The maximum Gasteiger partial charge on any atom is 0.411 e. The summed E-state index contributed by atoms with van der Waals surface area (Å²) in [7, 11) is 1.36. The molecule has 9 heavy (non-hydrogen) atoms. The summed E-state index contributed by atoms with van der Waals surface area (Å²) >= 11 is 0. The quantitative estimate of drug-likeness (QED) is 0.466. The maximum absolute atomic E-state index is 10.6. The van der Waals surface area contributed by atoms with Gasteiger partial charge in [0.15, 0.2) is 0 Å². The topological polar surface area (TPSA) is 38.8 Å². The van der Waals surface area contributed by atoms with Crippen LogP contribution in [0.2, 0.25) is 0 Å². The fraction of sp³-hybridized carbons (Fsp3) is 0.800. The van der Waals surface area contributed by atoms with E-state index in [1.807, 2.05) is 0 Å². The Hall–Kier alpha value is -0.770. The van der Waals surface area contributed by atoms with Crippen LogP contribution in [0.15, 0.2) is 0 Å². The first-order valence-corrected chi connectivity index (χ1v) is 2.75. The molecule has 1 heterocycles. The van der Waals surface area contributed by atoms with E-state index in [1.54, 1.807) is 0 Å². The van der Waals surface area contributed by atoms with Crippen LogP contribution < -0.4 is 0 Å². The fourth-order valence-electron chi connectivity index (χ4n) is 0.687. The predicted octanol–water partition coefficient (Wildman–Crippen LogP) is 0.0425. The molecule has 1 aliphatic heterocycles. The van der Waals surface area contributed by atoms with Crippen molar-refractivity contribution in [2.24, 2.45) is 0 Å². The van der Waals surface area contributed by atoms with Crippen molar-refractivity contribution in [1.82, 2.24) is 4.90 Å². The molecule has 0 spiro atoms. The van der Waals surface area contributed by atoms with Gasteiger partial charge in [0.2, 0.25) is 0 Å². The van der Waals surface area contributed by atoms with Crippen LogP contribution in [-0.2, 0) is 9.47 Å². The third-order valence-corrected chi connectivity index (χ3v) is 1.19. The number of methoxy groups -OCH3 is 1. The van der Waals surface area contributed by atoms with Gasteiger partial charge in [0.1, 0.15) is 6.73 Å². The molecular weight excluding hydrogens is 122 g/mol. The average Bonchev–Trinajstić information content (AvgIpc) is 2.37. The Balaban J connectivity index is 2.32. The summed E-state index contributed by atoms with van der Waals surface area (Å²) in [5, 5.41) is 0. The van der Waals surface area contributed by atoms with Crippen LogP contribution in [0, 0.1) is 0 Å². The number of hydrogen-bond acceptors (Lipinski definition) is 3. The van der Waals surface area contributed by atoms with Gasteiger partial charge in [0.25, 0.3) is 0 Å². The van der Waals surface area contributed by atoms with Crippen molar-refractivity contribution in [2.45, 2.75) is 0 Å². The molecular formula is C5H9NO3. The molecule has 0 aromatic carbocycles. The zero-order valence-electron chi connectivity index (χ0n) is 5.29. The molecule has 52 valence electrons. The number of carbonyl (C=O) groups excluding carboxylic acids is 1. The number of nitrogens with zero attached hydrogens (tertiary/aromatic N) is 1. The molecule has 1 fully saturated rings. The van der Waals surface area contributed by atoms with Crippen molar-refractivity contribution in [1.29, 1.82) is 0 Å². The summed E-state index contributed by atoms with van der Waals surface area (Å²) in [5.41, 5.74) is 0. The van der Waals surface area contributed by atoms with Crippen LogP contribution in [0.3, 0.4) is 0 Å². The Labute approximate surface area is 53.3 Å². The molecule has 4 heteroatoms. The van der Waals surface area contributed by atoms with Crippen LogP contribution >= 0.6 is 0 Å². The van der Waals surface area contributed by atoms with Gasteiger partial charge >= 0.3 is 6.09 Å². The first-order valence-electron chi connectivity index (χ1n) is 2.75. The van der Waals surface area contributed by atoms with E-state index in [-0.39, 0.29) is 6.09 Å². The molecule has 0 saturated carbocycles. The lowest BCUT2D eigenvalue weighted by Crippen LogP contribution is -2.27. The lowest BCUT2D eigenvalue weighted by molar-refractivity contribution is 0.102. The van der Waals surface area contributed by atoms with E-state index >= 15 is 0 Å². The monoisotopic (exact) mass is 131 g/mol. The normalized spacial score (nSPS) is 18.1. The van der Waals surface area contributed by atoms with Gasteiger partial charge in [-0.3, -0.25) is 4.90 Å². The van der Waals surface area contributed by atoms with E-state index in [4.69, 9.17) is 4.74 Å². The van der Waals surface area contributed by atoms with E-state index in [0.29, 0.717) is 19.9 Å². The highest BCUT2D eigenvalue weighted by molar-refractivity contribution is 5.67. The second kappa shape index (κ2) is 2.68. The van der Waals surface area contributed by atoms with Crippen molar-refractivity contribution >= 4 is 6.09 Å². The van der Waals surface area contributed by atoms with Crippen molar-refractivity contribution in [3.05, 3.63) is 0 Å². The molecule has 1 amide bonds. The summed E-state index contributed by atoms with van der Waals surface area (Å²) in [4.78, 5) is 12.1. The van der Waals surface area contributed by atoms with Gasteiger partial charge in [-0.05, 0) is 0 Å². The fourth-order valence-corrected chi connectivity index (χ4v) is 0.687. The van der Waals surface area contributed by atoms with Crippen molar-refractivity contribution in [3.8, 4) is 0 Å². The van der Waals surface area contributed by atoms with Crippen molar-refractivity contribution in [2.75, 3.05) is 27.0 Å². The molecule has 0 aromatic rings. The second-order valence-corrected chi connectivity index (χ2v) is 1.77.